The first-order valence-corrected chi connectivity index (χ1v) is 7.45. The highest BCUT2D eigenvalue weighted by molar-refractivity contribution is 6.33. The lowest BCUT2D eigenvalue weighted by atomic mass is 10.2. The van der Waals surface area contributed by atoms with E-state index in [2.05, 4.69) is 42.7 Å². The maximum absolute atomic E-state index is 6.33. The van der Waals surface area contributed by atoms with Gasteiger partial charge in [0.15, 0.2) is 0 Å². The van der Waals surface area contributed by atoms with Crippen molar-refractivity contribution in [2.45, 2.75) is 19.7 Å². The molecular formula is C14H23Cl2N3. The van der Waals surface area contributed by atoms with Crippen molar-refractivity contribution in [2.24, 2.45) is 5.92 Å². The van der Waals surface area contributed by atoms with E-state index in [4.69, 9.17) is 23.2 Å². The summed E-state index contributed by atoms with van der Waals surface area (Å²) in [5, 5.41) is 0.678. The third kappa shape index (κ3) is 5.55. The van der Waals surface area contributed by atoms with E-state index >= 15 is 0 Å². The van der Waals surface area contributed by atoms with Crippen molar-refractivity contribution in [2.75, 3.05) is 38.6 Å². The van der Waals surface area contributed by atoms with Crippen molar-refractivity contribution in [1.82, 2.24) is 9.88 Å². The van der Waals surface area contributed by atoms with Crippen LogP contribution in [0.3, 0.4) is 0 Å². The Morgan fingerprint density at radius 2 is 1.95 bits per heavy atom. The van der Waals surface area contributed by atoms with E-state index in [-0.39, 0.29) is 0 Å². The highest BCUT2D eigenvalue weighted by Crippen LogP contribution is 2.25. The predicted molar refractivity (Wildman–Crippen MR) is 84.4 cm³/mol. The molecule has 0 amide bonds. The molecule has 0 saturated carbocycles. The molecule has 1 rings (SSSR count). The molecule has 3 nitrogen and oxygen atoms in total. The third-order valence-corrected chi connectivity index (χ3v) is 3.32. The van der Waals surface area contributed by atoms with Crippen LogP contribution < -0.4 is 4.90 Å². The minimum atomic E-state index is 0.439. The zero-order chi connectivity index (χ0) is 14.4. The molecule has 0 aliphatic rings. The minimum Gasteiger partial charge on any atom is -0.354 e. The molecule has 1 heterocycles. The molecule has 0 atom stereocenters. The highest BCUT2D eigenvalue weighted by atomic mass is 35.5. The quantitative estimate of drug-likeness (QED) is 0.719. The summed E-state index contributed by atoms with van der Waals surface area (Å²) in [7, 11) is 4.14. The zero-order valence-corrected chi connectivity index (χ0v) is 13.7. The Morgan fingerprint density at radius 1 is 1.26 bits per heavy atom. The summed E-state index contributed by atoms with van der Waals surface area (Å²) in [4.78, 5) is 8.87. The van der Waals surface area contributed by atoms with Gasteiger partial charge in [-0.3, -0.25) is 0 Å². The number of halogens is 2. The predicted octanol–water partition coefficient (Wildman–Crippen LogP) is 3.50. The second kappa shape index (κ2) is 7.93. The number of hydrogen-bond acceptors (Lipinski definition) is 3. The molecule has 0 aromatic carbocycles. The number of aromatic nitrogens is 1. The third-order valence-electron chi connectivity index (χ3n) is 2.73. The minimum absolute atomic E-state index is 0.439. The summed E-state index contributed by atoms with van der Waals surface area (Å²) in [5.41, 5.74) is 0.951. The molecule has 19 heavy (non-hydrogen) atoms. The average molecular weight is 304 g/mol. The summed E-state index contributed by atoms with van der Waals surface area (Å²) in [6, 6.07) is 1.90. The molecular weight excluding hydrogens is 281 g/mol. The molecule has 0 N–H and O–H groups in total. The van der Waals surface area contributed by atoms with Crippen molar-refractivity contribution < 1.29 is 0 Å². The van der Waals surface area contributed by atoms with Gasteiger partial charge in [-0.05, 0) is 31.6 Å². The van der Waals surface area contributed by atoms with Crippen LogP contribution >= 0.6 is 23.2 Å². The van der Waals surface area contributed by atoms with Crippen LogP contribution in [0.25, 0.3) is 0 Å². The maximum atomic E-state index is 6.33. The summed E-state index contributed by atoms with van der Waals surface area (Å²) in [6.45, 7) is 7.23. The van der Waals surface area contributed by atoms with Crippen LogP contribution in [0.1, 0.15) is 19.4 Å². The Bertz CT molecular complexity index is 394. The Hall–Kier alpha value is -0.510. The van der Waals surface area contributed by atoms with Gasteiger partial charge in [-0.15, -0.1) is 11.6 Å². The smallest absolute Gasteiger partial charge is 0.147 e. The van der Waals surface area contributed by atoms with Gasteiger partial charge in [-0.2, -0.15) is 0 Å². The first kappa shape index (κ1) is 16.5. The van der Waals surface area contributed by atoms with Gasteiger partial charge in [0.2, 0.25) is 0 Å². The molecule has 1 aromatic heterocycles. The molecule has 0 radical (unpaired) electrons. The van der Waals surface area contributed by atoms with E-state index in [1.165, 1.54) is 0 Å². The number of nitrogens with zero attached hydrogens (tertiary/aromatic N) is 3. The second-order valence-electron chi connectivity index (χ2n) is 5.43. The fourth-order valence-corrected chi connectivity index (χ4v) is 2.28. The van der Waals surface area contributed by atoms with Crippen molar-refractivity contribution in [3.63, 3.8) is 0 Å². The fourth-order valence-electron chi connectivity index (χ4n) is 1.82. The molecule has 0 spiro atoms. The molecule has 5 heteroatoms. The summed E-state index contributed by atoms with van der Waals surface area (Å²) in [5.74, 6) is 1.85. The van der Waals surface area contributed by atoms with Crippen molar-refractivity contribution >= 4 is 29.0 Å². The summed E-state index contributed by atoms with van der Waals surface area (Å²) >= 11 is 12.1. The van der Waals surface area contributed by atoms with E-state index < -0.39 is 0 Å². The van der Waals surface area contributed by atoms with Crippen molar-refractivity contribution in [1.29, 1.82) is 0 Å². The van der Waals surface area contributed by atoms with E-state index in [9.17, 15) is 0 Å². The first-order valence-electron chi connectivity index (χ1n) is 6.54. The van der Waals surface area contributed by atoms with Gasteiger partial charge in [0, 0.05) is 31.7 Å². The molecule has 108 valence electrons. The van der Waals surface area contributed by atoms with Crippen LogP contribution in [0.5, 0.6) is 0 Å². The van der Waals surface area contributed by atoms with Gasteiger partial charge in [0.1, 0.15) is 5.82 Å². The lowest BCUT2D eigenvalue weighted by Gasteiger charge is -2.28. The van der Waals surface area contributed by atoms with E-state index in [0.717, 1.165) is 31.0 Å². The fraction of sp³-hybridized carbons (Fsp3) is 0.643. The monoisotopic (exact) mass is 303 g/mol. The molecule has 0 saturated heterocycles. The van der Waals surface area contributed by atoms with Gasteiger partial charge in [-0.25, -0.2) is 4.98 Å². The molecule has 0 aliphatic heterocycles. The van der Waals surface area contributed by atoms with Crippen molar-refractivity contribution in [3.8, 4) is 0 Å². The number of rotatable bonds is 7. The van der Waals surface area contributed by atoms with Gasteiger partial charge in [0.05, 0.1) is 5.02 Å². The summed E-state index contributed by atoms with van der Waals surface area (Å²) in [6.07, 6.45) is 1.80. The lowest BCUT2D eigenvalue weighted by molar-refractivity contribution is 0.408. The zero-order valence-electron chi connectivity index (χ0n) is 12.2. The largest absolute Gasteiger partial charge is 0.354 e. The van der Waals surface area contributed by atoms with Crippen LogP contribution in [0, 0.1) is 5.92 Å². The van der Waals surface area contributed by atoms with Gasteiger partial charge < -0.3 is 9.80 Å². The van der Waals surface area contributed by atoms with Crippen LogP contribution in [0.2, 0.25) is 5.02 Å². The average Bonchev–Trinajstić information content (AvgIpc) is 2.34. The second-order valence-corrected chi connectivity index (χ2v) is 6.10. The molecule has 0 fully saturated rings. The lowest BCUT2D eigenvalue weighted by Crippen LogP contribution is -2.35. The maximum Gasteiger partial charge on any atom is 0.147 e. The summed E-state index contributed by atoms with van der Waals surface area (Å²) < 4.78 is 0. The van der Waals surface area contributed by atoms with Crippen molar-refractivity contribution in [3.05, 3.63) is 22.8 Å². The Labute approximate surface area is 126 Å². The Kier molecular flexibility index (Phi) is 6.90. The molecule has 1 aromatic rings. The van der Waals surface area contributed by atoms with Crippen LogP contribution in [0.15, 0.2) is 12.3 Å². The SMILES string of the molecule is CC(C)CN(CCN(C)C)c1ncc(CCl)cc1Cl. The van der Waals surface area contributed by atoms with E-state index in [1.54, 1.807) is 6.20 Å². The van der Waals surface area contributed by atoms with Gasteiger partial charge >= 0.3 is 0 Å². The van der Waals surface area contributed by atoms with E-state index in [0.29, 0.717) is 16.8 Å². The molecule has 0 bridgehead atoms. The number of likely N-dealkylation sites (N-methyl/N-ethyl adjacent to an activating group) is 1. The van der Waals surface area contributed by atoms with Crippen LogP contribution in [-0.2, 0) is 5.88 Å². The Morgan fingerprint density at radius 3 is 2.42 bits per heavy atom. The number of pyridine rings is 1. The number of alkyl halides is 1. The highest BCUT2D eigenvalue weighted by Gasteiger charge is 2.14. The topological polar surface area (TPSA) is 19.4 Å². The van der Waals surface area contributed by atoms with Crippen LogP contribution in [0.4, 0.5) is 5.82 Å². The van der Waals surface area contributed by atoms with Crippen LogP contribution in [-0.4, -0.2) is 43.6 Å². The molecule has 0 unspecified atom stereocenters. The number of hydrogen-bond donors (Lipinski definition) is 0. The standard InChI is InChI=1S/C14H23Cl2N3/c1-11(2)10-19(6-5-18(3)4)14-13(16)7-12(8-15)9-17-14/h7,9,11H,5-6,8,10H2,1-4H3. The Balaban J connectivity index is 2.89. The van der Waals surface area contributed by atoms with E-state index in [1.807, 2.05) is 6.07 Å². The normalized spacial score (nSPS) is 11.4. The first-order chi connectivity index (χ1) is 8.93. The van der Waals surface area contributed by atoms with Gasteiger partial charge in [0.25, 0.3) is 0 Å². The molecule has 0 aliphatic carbocycles. The number of anilines is 1. The van der Waals surface area contributed by atoms with Gasteiger partial charge in [-0.1, -0.05) is 25.4 Å².